The number of amides is 7. The summed E-state index contributed by atoms with van der Waals surface area (Å²) < 4.78 is 120. The number of aliphatic carboxylic acids is 1. The number of nitrogens with zero attached hydrogens (tertiary/aromatic N) is 3. The number of hydrogen-bond donors (Lipinski definition) is 7. The van der Waals surface area contributed by atoms with Crippen LogP contribution in [0.4, 0.5) is 14.4 Å². The summed E-state index contributed by atoms with van der Waals surface area (Å²) in [5, 5.41) is 10.3. The number of carbonyl (C=O) groups excluding carboxylic acids is 10. The van der Waals surface area contributed by atoms with Crippen LogP contribution in [0.1, 0.15) is 212 Å². The van der Waals surface area contributed by atoms with Crippen LogP contribution >= 0.6 is 0 Å². The molecule has 0 radical (unpaired) electrons. The van der Waals surface area contributed by atoms with Crippen molar-refractivity contribution in [2.75, 3.05) is 26.2 Å². The van der Waals surface area contributed by atoms with Crippen molar-refractivity contribution < 1.29 is 106 Å². The number of likely N-dealkylation sites (tertiary alicyclic amines) is 3. The predicted octanol–water partition coefficient (Wildman–Crippen LogP) is 6.74. The molecule has 12 aliphatic rings. The number of carboxylic acid groups (broad SMARTS) is 1. The van der Waals surface area contributed by atoms with Crippen LogP contribution in [-0.4, -0.2) is 212 Å². The Morgan fingerprint density at radius 1 is 0.421 bits per heavy atom. The molecule has 4 heterocycles. The normalized spacial score (nSPS) is 31.9. The third kappa shape index (κ3) is 23.4. The van der Waals surface area contributed by atoms with E-state index < -0.39 is 166 Å². The Balaban J connectivity index is 0.000000183. The molecule has 4 aliphatic heterocycles. The fourth-order valence-corrected chi connectivity index (χ4v) is 20.7. The van der Waals surface area contributed by atoms with Gasteiger partial charge in [-0.25, -0.2) is 52.8 Å². The molecule has 8 aliphatic carbocycles. The van der Waals surface area contributed by atoms with Gasteiger partial charge >= 0.3 is 24.2 Å². The summed E-state index contributed by atoms with van der Waals surface area (Å²) >= 11 is 0. The Labute approximate surface area is 671 Å². The van der Waals surface area contributed by atoms with Crippen LogP contribution in [0.25, 0.3) is 0 Å². The molecule has 640 valence electrons. The summed E-state index contributed by atoms with van der Waals surface area (Å²) in [7, 11) is -14.5. The molecule has 12 rings (SSSR count). The Bertz CT molecular complexity index is 4130. The van der Waals surface area contributed by atoms with Gasteiger partial charge in [-0.15, -0.1) is 26.3 Å². The largest absolute Gasteiger partial charge is 0.480 e. The zero-order valence-electron chi connectivity index (χ0n) is 68.1. The highest BCUT2D eigenvalue weighted by Crippen LogP contribution is 2.59. The van der Waals surface area contributed by atoms with E-state index in [0.717, 1.165) is 13.0 Å². The van der Waals surface area contributed by atoms with E-state index in [9.17, 15) is 86.4 Å². The molecule has 36 heteroatoms. The number of sulfonamides is 4. The van der Waals surface area contributed by atoms with E-state index in [1.165, 1.54) is 14.7 Å². The Kier molecular flexibility index (Phi) is 27.9. The van der Waals surface area contributed by atoms with Crippen molar-refractivity contribution in [2.45, 2.75) is 280 Å². The van der Waals surface area contributed by atoms with E-state index in [2.05, 4.69) is 52.7 Å². The van der Waals surface area contributed by atoms with E-state index in [0.29, 0.717) is 122 Å². The number of hydrogen-bond acceptors (Lipinski definition) is 24. The number of carboxylic acids is 1. The summed E-state index contributed by atoms with van der Waals surface area (Å²) in [6.45, 7) is 40.5. The average Bonchev–Trinajstić information content (AvgIpc) is 1.61. The van der Waals surface area contributed by atoms with Crippen LogP contribution in [0.5, 0.6) is 0 Å². The quantitative estimate of drug-likeness (QED) is 0.0348. The summed E-state index contributed by atoms with van der Waals surface area (Å²) in [4.78, 5) is 141. The molecular formula is C78H121N9O23S4. The molecule has 0 bridgehead atoms. The molecule has 8 unspecified atom stereocenters. The van der Waals surface area contributed by atoms with Crippen molar-refractivity contribution in [3.05, 3.63) is 50.6 Å². The van der Waals surface area contributed by atoms with Gasteiger partial charge in [-0.2, -0.15) is 0 Å². The SMILES string of the molecule is C=CC1CC1(CC(=O)[C@@H]1C[C@@H](C)CN1)C(=O)NS(=O)(=O)C1CC1.C=CC1CC1(CC(=O)[C@@H]1C[C@@H](C)CN1C(=O)OC(C)(C)C)C(=O)NS(=O)(=O)C1CC1.C=CC1CC1(CC(=O)[C@@H]1C[C@@H](C)CN1C(=O)OC(C)(C)C)C(=O)NS(=O)(=O)C1CC1.C=CC1CC1(N)C(=O)NS(=O)(=O)C1CC1.C[C@@H]1C[C@@H](C(=O)O)N(C(=O)OC(C)(C)C)C1. The van der Waals surface area contributed by atoms with Gasteiger partial charge in [0.15, 0.2) is 17.3 Å². The average molecular weight is 1680 g/mol. The van der Waals surface area contributed by atoms with Gasteiger partial charge in [-0.05, 0) is 213 Å². The molecule has 8 N–H and O–H groups in total. The van der Waals surface area contributed by atoms with Gasteiger partial charge in [0.1, 0.15) is 28.4 Å². The molecule has 7 amide bonds. The lowest BCUT2D eigenvalue weighted by Gasteiger charge is -2.28. The Morgan fingerprint density at radius 3 is 0.930 bits per heavy atom. The molecule has 12 fully saturated rings. The second kappa shape index (κ2) is 34.4. The standard InChI is InChI=1S/2C21H32N2O6S.C16H24N2O4S.C11H19NO4.C9H14N2O3S/c2*1-6-14-10-21(14,18(25)22-30(27,28)15-7-8-15)11-17(24)16-9-13(2)12-23(16)19(26)29-20(3,4)5;1-3-11-7-16(11,8-14(19)13-6-10(2)9-17-13)15(20)18-23(21,22)12-4-5-12;1-7-5-8(9(13)14)12(6-7)10(15)16-11(2,3)4;1-2-6-5-9(6,10)8(12)11-15(13,14)7-3-4-7/h2*6,13-16H,1,7-12H2,2-5H3,(H,22,25);3,10-13,17H,1,4-9H2,2H3,(H,18,20);7-8H,5-6H2,1-4H3,(H,13,14);2,6-7H,1,3-5,10H2,(H,11,12)/t2*13-,14?,16+,21?;10-,11?,13+,16?;7-,8+;/m1111./s1. The van der Waals surface area contributed by atoms with Gasteiger partial charge in [-0.1, -0.05) is 52.0 Å². The highest BCUT2D eigenvalue weighted by Gasteiger charge is 2.65. The van der Waals surface area contributed by atoms with Crippen molar-refractivity contribution in [3.63, 3.8) is 0 Å². The maximum Gasteiger partial charge on any atom is 0.411 e. The zero-order chi connectivity index (χ0) is 85.6. The Hall–Kier alpha value is -7.15. The summed E-state index contributed by atoms with van der Waals surface area (Å²) in [6.07, 6.45) is 13.3. The summed E-state index contributed by atoms with van der Waals surface area (Å²) in [5.74, 6) is -3.71. The first kappa shape index (κ1) is 92.4. The topological polar surface area (TPSA) is 468 Å². The van der Waals surface area contributed by atoms with Gasteiger partial charge in [-0.3, -0.25) is 67.1 Å². The predicted molar refractivity (Wildman–Crippen MR) is 421 cm³/mol. The van der Waals surface area contributed by atoms with E-state index in [-0.39, 0.29) is 84.1 Å². The van der Waals surface area contributed by atoms with Gasteiger partial charge in [0, 0.05) is 44.8 Å². The van der Waals surface area contributed by atoms with E-state index >= 15 is 0 Å². The van der Waals surface area contributed by atoms with Crippen molar-refractivity contribution >= 4 is 105 Å². The lowest BCUT2D eigenvalue weighted by atomic mass is 9.91. The number of rotatable bonds is 26. The minimum Gasteiger partial charge on any atom is -0.480 e. The van der Waals surface area contributed by atoms with Gasteiger partial charge in [0.2, 0.25) is 57.8 Å². The van der Waals surface area contributed by atoms with Crippen LogP contribution in [0.2, 0.25) is 0 Å². The first-order valence-electron chi connectivity index (χ1n) is 39.5. The van der Waals surface area contributed by atoms with Crippen LogP contribution in [0.3, 0.4) is 0 Å². The third-order valence-electron chi connectivity index (χ3n) is 22.8. The maximum absolute atomic E-state index is 13.2. The molecule has 0 spiro atoms. The molecule has 4 saturated heterocycles. The summed E-state index contributed by atoms with van der Waals surface area (Å²) in [6, 6.07) is -2.32. The van der Waals surface area contributed by atoms with Gasteiger partial charge in [0.05, 0.1) is 55.4 Å². The molecule has 8 saturated carbocycles. The number of Topliss-reactive ketones (excluding diaryl/α,β-unsaturated/α-hetero) is 3. The van der Waals surface area contributed by atoms with Crippen LogP contribution in [0, 0.1) is 63.6 Å². The number of allylic oxidation sites excluding steroid dienone is 3. The third-order valence-corrected chi connectivity index (χ3v) is 30.1. The molecule has 0 aromatic rings. The second-order valence-corrected chi connectivity index (χ2v) is 44.8. The molecule has 0 aromatic heterocycles. The lowest BCUT2D eigenvalue weighted by Crippen LogP contribution is -2.47. The molecule has 114 heavy (non-hydrogen) atoms. The number of nitrogens with two attached hydrogens (primary N) is 1. The zero-order valence-corrected chi connectivity index (χ0v) is 71.4. The van der Waals surface area contributed by atoms with E-state index in [4.69, 9.17) is 25.1 Å². The van der Waals surface area contributed by atoms with Crippen molar-refractivity contribution in [1.82, 2.24) is 38.9 Å². The van der Waals surface area contributed by atoms with Crippen molar-refractivity contribution in [1.29, 1.82) is 0 Å². The van der Waals surface area contributed by atoms with E-state index in [1.54, 1.807) is 86.6 Å². The fraction of sp³-hybridized carbons (Fsp3) is 0.756. The summed E-state index contributed by atoms with van der Waals surface area (Å²) in [5.41, 5.74) is -0.413. The minimum atomic E-state index is -3.70. The molecule has 0 aromatic carbocycles. The van der Waals surface area contributed by atoms with Crippen LogP contribution in [-0.2, 0) is 92.7 Å². The maximum atomic E-state index is 13.2. The van der Waals surface area contributed by atoms with Gasteiger partial charge in [0.25, 0.3) is 5.91 Å². The Morgan fingerprint density at radius 2 is 0.693 bits per heavy atom. The first-order valence-corrected chi connectivity index (χ1v) is 45.7. The number of ether oxygens (including phenoxy) is 3. The monoisotopic (exact) mass is 1680 g/mol. The van der Waals surface area contributed by atoms with Crippen LogP contribution < -0.4 is 29.9 Å². The van der Waals surface area contributed by atoms with E-state index in [1.807, 2.05) is 25.5 Å². The minimum absolute atomic E-state index is 0.00216. The number of ketones is 3. The smallest absolute Gasteiger partial charge is 0.411 e. The second-order valence-electron chi connectivity index (χ2n) is 36.9. The molecule has 32 nitrogen and oxygen atoms in total. The van der Waals surface area contributed by atoms with Crippen LogP contribution in [0.15, 0.2) is 50.6 Å². The van der Waals surface area contributed by atoms with Crippen molar-refractivity contribution in [3.8, 4) is 0 Å². The first-order chi connectivity index (χ1) is 52.5. The fourth-order valence-electron chi connectivity index (χ4n) is 15.2. The molecule has 16 atom stereocenters. The highest BCUT2D eigenvalue weighted by molar-refractivity contribution is 7.91. The molecular weight excluding hydrogens is 1560 g/mol. The lowest BCUT2D eigenvalue weighted by molar-refractivity contribution is -0.142. The number of carbonyl (C=O) groups is 11. The van der Waals surface area contributed by atoms with Crippen molar-refractivity contribution in [2.24, 2.45) is 69.3 Å². The highest BCUT2D eigenvalue weighted by atomic mass is 32.2. The van der Waals surface area contributed by atoms with Gasteiger partial charge < -0.3 is 30.4 Å². The number of nitrogens with one attached hydrogen (secondary N) is 5.